The van der Waals surface area contributed by atoms with Crippen molar-refractivity contribution in [2.24, 2.45) is 0 Å². The summed E-state index contributed by atoms with van der Waals surface area (Å²) in [4.78, 5) is 26.6. The molecule has 2 heterocycles. The third kappa shape index (κ3) is 4.65. The first kappa shape index (κ1) is 20.0. The minimum Gasteiger partial charge on any atom is -0.343 e. The van der Waals surface area contributed by atoms with Crippen molar-refractivity contribution in [3.05, 3.63) is 35.6 Å². The van der Waals surface area contributed by atoms with E-state index in [1.54, 1.807) is 30.1 Å². The number of rotatable bonds is 4. The monoisotopic (exact) mass is 387 g/mol. The topological polar surface area (TPSA) is 61.4 Å². The highest BCUT2D eigenvalue weighted by Gasteiger charge is 2.36. The average molecular weight is 388 g/mol. The molecule has 3 rings (SSSR count). The number of hydrogen-bond donors (Lipinski definition) is 2. The third-order valence-corrected chi connectivity index (χ3v) is 5.97. The van der Waals surface area contributed by atoms with Gasteiger partial charge in [0, 0.05) is 25.4 Å². The van der Waals surface area contributed by atoms with Crippen LogP contribution in [0.25, 0.3) is 0 Å². The Morgan fingerprint density at radius 1 is 1.40 bits per heavy atom. The molecule has 3 unspecified atom stereocenters. The highest BCUT2D eigenvalue weighted by molar-refractivity contribution is 8.00. The smallest absolute Gasteiger partial charge is 0.246 e. The van der Waals surface area contributed by atoms with Crippen molar-refractivity contribution in [2.45, 2.75) is 30.2 Å². The lowest BCUT2D eigenvalue weighted by Crippen LogP contribution is -2.56. The fourth-order valence-electron chi connectivity index (χ4n) is 3.14. The van der Waals surface area contributed by atoms with Crippen molar-refractivity contribution in [2.75, 3.05) is 25.9 Å². The molecule has 2 aliphatic rings. The minimum atomic E-state index is -0.495. The van der Waals surface area contributed by atoms with Gasteiger partial charge in [0.25, 0.3) is 0 Å². The van der Waals surface area contributed by atoms with Crippen LogP contribution >= 0.6 is 24.2 Å². The molecule has 2 aliphatic heterocycles. The molecular weight excluding hydrogens is 365 g/mol. The van der Waals surface area contributed by atoms with Crippen LogP contribution < -0.4 is 10.6 Å². The van der Waals surface area contributed by atoms with Crippen LogP contribution in [0.15, 0.2) is 24.3 Å². The van der Waals surface area contributed by atoms with E-state index in [2.05, 4.69) is 10.6 Å². The lowest BCUT2D eigenvalue weighted by atomic mass is 10.1. The summed E-state index contributed by atoms with van der Waals surface area (Å²) in [5.74, 6) is -0.00831. The van der Waals surface area contributed by atoms with E-state index in [0.717, 1.165) is 19.5 Å². The molecule has 2 amide bonds. The first-order valence-corrected chi connectivity index (χ1v) is 9.24. The Morgan fingerprint density at radius 3 is 2.80 bits per heavy atom. The molecule has 1 aromatic carbocycles. The first-order valence-electron chi connectivity index (χ1n) is 8.19. The Bertz CT molecular complexity index is 628. The molecule has 2 saturated heterocycles. The lowest BCUT2D eigenvalue weighted by molar-refractivity contribution is -0.136. The Morgan fingerprint density at radius 2 is 2.16 bits per heavy atom. The summed E-state index contributed by atoms with van der Waals surface area (Å²) in [5, 5.41) is 5.70. The van der Waals surface area contributed by atoms with E-state index in [4.69, 9.17) is 0 Å². The standard InChI is InChI=1S/C17H22FN3O2S.ClH/c1-21(12-6-7-19-9-12)17(23)14-10-24-15(16(22)20-14)8-11-4-2-3-5-13(11)18;/h2-5,12,14-15,19H,6-10H2,1H3,(H,20,22);1H. The normalized spacial score (nSPS) is 25.8. The number of thioether (sulfide) groups is 1. The van der Waals surface area contributed by atoms with Gasteiger partial charge in [-0.05, 0) is 31.0 Å². The maximum atomic E-state index is 13.7. The molecule has 0 saturated carbocycles. The SMILES string of the molecule is CN(C(=O)C1CSC(Cc2ccccc2F)C(=O)N1)C1CCNC1.Cl. The second-order valence-corrected chi connectivity index (χ2v) is 7.51. The number of nitrogens with zero attached hydrogens (tertiary/aromatic N) is 1. The number of amides is 2. The van der Waals surface area contributed by atoms with Gasteiger partial charge in [-0.2, -0.15) is 0 Å². The van der Waals surface area contributed by atoms with Crippen LogP contribution in [0.4, 0.5) is 4.39 Å². The summed E-state index contributed by atoms with van der Waals surface area (Å²) in [6, 6.07) is 6.19. The summed E-state index contributed by atoms with van der Waals surface area (Å²) < 4.78 is 13.7. The van der Waals surface area contributed by atoms with Crippen molar-refractivity contribution in [3.8, 4) is 0 Å². The molecule has 0 aromatic heterocycles. The highest BCUT2D eigenvalue weighted by atomic mass is 35.5. The van der Waals surface area contributed by atoms with Crippen molar-refractivity contribution in [1.29, 1.82) is 0 Å². The number of nitrogens with one attached hydrogen (secondary N) is 2. The average Bonchev–Trinajstić information content (AvgIpc) is 3.11. The zero-order chi connectivity index (χ0) is 17.1. The number of likely N-dealkylation sites (N-methyl/N-ethyl adjacent to an activating group) is 1. The maximum absolute atomic E-state index is 13.7. The van der Waals surface area contributed by atoms with Crippen molar-refractivity contribution < 1.29 is 14.0 Å². The van der Waals surface area contributed by atoms with Gasteiger partial charge in [0.1, 0.15) is 11.9 Å². The van der Waals surface area contributed by atoms with Gasteiger partial charge in [-0.15, -0.1) is 24.2 Å². The Kier molecular flexibility index (Phi) is 7.10. The summed E-state index contributed by atoms with van der Waals surface area (Å²) >= 11 is 1.43. The van der Waals surface area contributed by atoms with Crippen LogP contribution in [0.2, 0.25) is 0 Å². The molecule has 1 aromatic rings. The molecule has 2 fully saturated rings. The summed E-state index contributed by atoms with van der Waals surface area (Å²) in [6.07, 6.45) is 1.28. The van der Waals surface area contributed by atoms with Crippen LogP contribution in [0.5, 0.6) is 0 Å². The van der Waals surface area contributed by atoms with Gasteiger partial charge in [0.2, 0.25) is 11.8 Å². The van der Waals surface area contributed by atoms with Crippen LogP contribution in [0, 0.1) is 5.82 Å². The fraction of sp³-hybridized carbons (Fsp3) is 0.529. The van der Waals surface area contributed by atoms with E-state index in [9.17, 15) is 14.0 Å². The van der Waals surface area contributed by atoms with E-state index >= 15 is 0 Å². The molecule has 0 bridgehead atoms. The molecule has 0 spiro atoms. The third-order valence-electron chi connectivity index (χ3n) is 4.66. The van der Waals surface area contributed by atoms with Crippen LogP contribution in [0.1, 0.15) is 12.0 Å². The number of carbonyl (C=O) groups is 2. The minimum absolute atomic E-state index is 0. The van der Waals surface area contributed by atoms with E-state index in [-0.39, 0.29) is 41.3 Å². The van der Waals surface area contributed by atoms with Gasteiger partial charge >= 0.3 is 0 Å². The highest BCUT2D eigenvalue weighted by Crippen LogP contribution is 2.24. The van der Waals surface area contributed by atoms with Gasteiger partial charge in [0.15, 0.2) is 0 Å². The van der Waals surface area contributed by atoms with E-state index in [0.29, 0.717) is 17.7 Å². The van der Waals surface area contributed by atoms with E-state index in [1.807, 2.05) is 0 Å². The summed E-state index contributed by atoms with van der Waals surface area (Å²) in [7, 11) is 1.79. The summed E-state index contributed by atoms with van der Waals surface area (Å²) in [6.45, 7) is 1.71. The first-order chi connectivity index (χ1) is 11.6. The predicted octanol–water partition coefficient (Wildman–Crippen LogP) is 1.21. The number of hydrogen-bond acceptors (Lipinski definition) is 4. The van der Waals surface area contributed by atoms with Gasteiger partial charge in [-0.3, -0.25) is 9.59 Å². The van der Waals surface area contributed by atoms with E-state index < -0.39 is 6.04 Å². The Balaban J connectivity index is 0.00000225. The predicted molar refractivity (Wildman–Crippen MR) is 99.6 cm³/mol. The largest absolute Gasteiger partial charge is 0.343 e. The Labute approximate surface area is 157 Å². The molecule has 25 heavy (non-hydrogen) atoms. The van der Waals surface area contributed by atoms with Crippen LogP contribution in [-0.4, -0.2) is 59.9 Å². The zero-order valence-corrected chi connectivity index (χ0v) is 15.7. The number of halogens is 2. The van der Waals surface area contributed by atoms with Crippen LogP contribution in [-0.2, 0) is 16.0 Å². The molecule has 3 atom stereocenters. The number of carbonyl (C=O) groups excluding carboxylic acids is 2. The van der Waals surface area contributed by atoms with Gasteiger partial charge < -0.3 is 15.5 Å². The van der Waals surface area contributed by atoms with Crippen LogP contribution in [0.3, 0.4) is 0 Å². The molecule has 0 radical (unpaired) electrons. The van der Waals surface area contributed by atoms with Gasteiger partial charge in [-0.25, -0.2) is 4.39 Å². The molecule has 5 nitrogen and oxygen atoms in total. The summed E-state index contributed by atoms with van der Waals surface area (Å²) in [5.41, 5.74) is 0.532. The number of benzene rings is 1. The Hall–Kier alpha value is -1.31. The van der Waals surface area contributed by atoms with Crippen molar-refractivity contribution in [3.63, 3.8) is 0 Å². The van der Waals surface area contributed by atoms with Crippen molar-refractivity contribution >= 4 is 36.0 Å². The maximum Gasteiger partial charge on any atom is 0.246 e. The fourth-order valence-corrected chi connectivity index (χ4v) is 4.31. The molecular formula is C17H23ClFN3O2S. The molecule has 8 heteroatoms. The second-order valence-electron chi connectivity index (χ2n) is 6.27. The molecule has 138 valence electrons. The van der Waals surface area contributed by atoms with E-state index in [1.165, 1.54) is 17.8 Å². The quantitative estimate of drug-likeness (QED) is 0.815. The second kappa shape index (κ2) is 8.87. The molecule has 0 aliphatic carbocycles. The zero-order valence-electron chi connectivity index (χ0n) is 14.0. The van der Waals surface area contributed by atoms with Crippen molar-refractivity contribution in [1.82, 2.24) is 15.5 Å². The van der Waals surface area contributed by atoms with Gasteiger partial charge in [0.05, 0.1) is 5.25 Å². The lowest BCUT2D eigenvalue weighted by Gasteiger charge is -2.33. The van der Waals surface area contributed by atoms with Gasteiger partial charge in [-0.1, -0.05) is 18.2 Å². The molecule has 2 N–H and O–H groups in total.